The summed E-state index contributed by atoms with van der Waals surface area (Å²) in [6, 6.07) is 17.8. The number of nitrogens with zero attached hydrogens (tertiary/aromatic N) is 1. The molecule has 1 fully saturated rings. The van der Waals surface area contributed by atoms with Crippen molar-refractivity contribution in [3.05, 3.63) is 91.8 Å². The lowest BCUT2D eigenvalue weighted by Gasteiger charge is -2.14. The molecule has 10 heteroatoms. The van der Waals surface area contributed by atoms with E-state index in [0.29, 0.717) is 32.7 Å². The predicted octanol–water partition coefficient (Wildman–Crippen LogP) is 6.67. The van der Waals surface area contributed by atoms with Crippen molar-refractivity contribution in [2.45, 2.75) is 13.5 Å². The van der Waals surface area contributed by atoms with E-state index >= 15 is 0 Å². The number of methoxy groups -OCH3 is 1. The van der Waals surface area contributed by atoms with Crippen molar-refractivity contribution >= 4 is 68.1 Å². The van der Waals surface area contributed by atoms with E-state index in [0.717, 1.165) is 27.4 Å². The normalized spacial score (nSPS) is 14.3. The van der Waals surface area contributed by atoms with Crippen molar-refractivity contribution in [1.29, 1.82) is 0 Å². The maximum Gasteiger partial charge on any atom is 0.293 e. The van der Waals surface area contributed by atoms with Crippen molar-refractivity contribution in [1.82, 2.24) is 4.90 Å². The zero-order chi connectivity index (χ0) is 26.5. The first-order valence-electron chi connectivity index (χ1n) is 11.1. The van der Waals surface area contributed by atoms with Crippen molar-refractivity contribution in [3.63, 3.8) is 0 Å². The van der Waals surface area contributed by atoms with Gasteiger partial charge in [0.1, 0.15) is 0 Å². The van der Waals surface area contributed by atoms with Crippen LogP contribution in [0, 0.1) is 6.92 Å². The van der Waals surface area contributed by atoms with E-state index < -0.39 is 0 Å². The number of aryl methyl sites for hydroxylation is 1. The molecule has 190 valence electrons. The Morgan fingerprint density at radius 1 is 1.11 bits per heavy atom. The van der Waals surface area contributed by atoms with E-state index in [9.17, 15) is 14.4 Å². The van der Waals surface area contributed by atoms with Gasteiger partial charge in [0.25, 0.3) is 17.1 Å². The second-order valence-corrected chi connectivity index (χ2v) is 10.3. The summed E-state index contributed by atoms with van der Waals surface area (Å²) >= 11 is 10.3. The molecule has 0 bridgehead atoms. The molecule has 1 saturated heterocycles. The van der Waals surface area contributed by atoms with Crippen LogP contribution in [0.5, 0.6) is 11.5 Å². The number of ether oxygens (including phenoxy) is 2. The summed E-state index contributed by atoms with van der Waals surface area (Å²) in [5.74, 6) is 0.0257. The molecule has 1 heterocycles. The van der Waals surface area contributed by atoms with Crippen LogP contribution in [0.4, 0.5) is 10.5 Å². The number of thioether (sulfide) groups is 1. The summed E-state index contributed by atoms with van der Waals surface area (Å²) in [4.78, 5) is 39.3. The lowest BCUT2D eigenvalue weighted by atomic mass is 10.1. The van der Waals surface area contributed by atoms with E-state index in [1.807, 2.05) is 31.2 Å². The number of amides is 3. The predicted molar refractivity (Wildman–Crippen MR) is 149 cm³/mol. The fourth-order valence-electron chi connectivity index (χ4n) is 3.55. The third-order valence-corrected chi connectivity index (χ3v) is 7.65. The topological polar surface area (TPSA) is 84.9 Å². The number of nitrogens with one attached hydrogen (secondary N) is 1. The van der Waals surface area contributed by atoms with Gasteiger partial charge in [0, 0.05) is 10.2 Å². The Labute approximate surface area is 231 Å². The Hall–Kier alpha value is -3.27. The van der Waals surface area contributed by atoms with Gasteiger partial charge >= 0.3 is 0 Å². The van der Waals surface area contributed by atoms with Crippen LogP contribution in [0.2, 0.25) is 5.02 Å². The lowest BCUT2D eigenvalue weighted by molar-refractivity contribution is -0.123. The van der Waals surface area contributed by atoms with Crippen LogP contribution in [-0.2, 0) is 16.1 Å². The van der Waals surface area contributed by atoms with Crippen molar-refractivity contribution < 1.29 is 23.9 Å². The highest BCUT2D eigenvalue weighted by molar-refractivity contribution is 9.10. The minimum absolute atomic E-state index is 0.222. The average molecular weight is 602 g/mol. The van der Waals surface area contributed by atoms with E-state index in [2.05, 4.69) is 21.2 Å². The van der Waals surface area contributed by atoms with Crippen LogP contribution >= 0.6 is 39.3 Å². The van der Waals surface area contributed by atoms with E-state index in [-0.39, 0.29) is 30.2 Å². The van der Waals surface area contributed by atoms with Gasteiger partial charge in [0.05, 0.1) is 23.6 Å². The number of hydrogen-bond donors (Lipinski definition) is 1. The van der Waals surface area contributed by atoms with E-state index in [1.165, 1.54) is 12.0 Å². The summed E-state index contributed by atoms with van der Waals surface area (Å²) in [6.45, 7) is 1.92. The van der Waals surface area contributed by atoms with E-state index in [4.69, 9.17) is 21.1 Å². The second kappa shape index (κ2) is 11.9. The number of carbonyl (C=O) groups excluding carboxylic acids is 3. The van der Waals surface area contributed by atoms with Gasteiger partial charge in [0.15, 0.2) is 18.1 Å². The molecule has 3 aromatic carbocycles. The van der Waals surface area contributed by atoms with Gasteiger partial charge in [-0.3, -0.25) is 19.3 Å². The molecule has 0 atom stereocenters. The van der Waals surface area contributed by atoms with Gasteiger partial charge < -0.3 is 14.8 Å². The molecular formula is C27H22BrClN2O5S. The van der Waals surface area contributed by atoms with Crippen LogP contribution in [0.1, 0.15) is 16.7 Å². The average Bonchev–Trinajstić information content (AvgIpc) is 3.13. The van der Waals surface area contributed by atoms with Gasteiger partial charge in [0.2, 0.25) is 0 Å². The molecule has 0 aromatic heterocycles. The quantitative estimate of drug-likeness (QED) is 0.290. The van der Waals surface area contributed by atoms with Crippen LogP contribution in [-0.4, -0.2) is 35.7 Å². The number of hydrogen-bond acceptors (Lipinski definition) is 6. The molecule has 0 saturated carbocycles. The first-order valence-corrected chi connectivity index (χ1v) is 13.1. The standard InChI is InChI=1S/C27H22BrClN2O5S/c1-16-5-3-4-6-18(16)14-31-26(33)24(37-27(31)34)12-17-7-10-22(23(11-17)35-2)36-15-25(32)30-19-8-9-20(28)21(29)13-19/h3-13H,14-15H2,1-2H3,(H,30,32)/b24-12-. The molecule has 3 amide bonds. The van der Waals surface area contributed by atoms with Crippen LogP contribution in [0.3, 0.4) is 0 Å². The summed E-state index contributed by atoms with van der Waals surface area (Å²) in [5, 5.41) is 2.88. The van der Waals surface area contributed by atoms with Crippen molar-refractivity contribution in [2.24, 2.45) is 0 Å². The second-order valence-electron chi connectivity index (χ2n) is 8.07. The molecule has 0 unspecified atom stereocenters. The van der Waals surface area contributed by atoms with Gasteiger partial charge in [-0.25, -0.2) is 0 Å². The number of rotatable bonds is 8. The number of carbonyl (C=O) groups is 3. The molecule has 1 N–H and O–H groups in total. The highest BCUT2D eigenvalue weighted by Crippen LogP contribution is 2.35. The number of anilines is 1. The zero-order valence-corrected chi connectivity index (χ0v) is 23.1. The van der Waals surface area contributed by atoms with Crippen LogP contribution in [0.25, 0.3) is 6.08 Å². The monoisotopic (exact) mass is 600 g/mol. The number of halogens is 2. The third kappa shape index (κ3) is 6.54. The molecule has 0 aliphatic carbocycles. The van der Waals surface area contributed by atoms with Crippen molar-refractivity contribution in [3.8, 4) is 11.5 Å². The van der Waals surface area contributed by atoms with Crippen molar-refractivity contribution in [2.75, 3.05) is 19.0 Å². The fraction of sp³-hybridized carbons (Fsp3) is 0.148. The molecule has 7 nitrogen and oxygen atoms in total. The summed E-state index contributed by atoms with van der Waals surface area (Å²) < 4.78 is 11.8. The Balaban J connectivity index is 1.42. The lowest BCUT2D eigenvalue weighted by Crippen LogP contribution is -2.27. The molecule has 4 rings (SSSR count). The Morgan fingerprint density at radius 3 is 2.62 bits per heavy atom. The molecule has 37 heavy (non-hydrogen) atoms. The number of imide groups is 1. The summed E-state index contributed by atoms with van der Waals surface area (Å²) in [7, 11) is 1.48. The highest BCUT2D eigenvalue weighted by Gasteiger charge is 2.35. The van der Waals surface area contributed by atoms with Crippen LogP contribution in [0.15, 0.2) is 70.0 Å². The third-order valence-electron chi connectivity index (χ3n) is 5.51. The largest absolute Gasteiger partial charge is 0.493 e. The summed E-state index contributed by atoms with van der Waals surface area (Å²) in [5.41, 5.74) is 3.13. The zero-order valence-electron chi connectivity index (χ0n) is 19.9. The maximum atomic E-state index is 12.9. The fourth-order valence-corrected chi connectivity index (χ4v) is 4.82. The smallest absolute Gasteiger partial charge is 0.293 e. The Bertz CT molecular complexity index is 1410. The highest BCUT2D eigenvalue weighted by atomic mass is 79.9. The van der Waals surface area contributed by atoms with Gasteiger partial charge in [-0.2, -0.15) is 0 Å². The minimum Gasteiger partial charge on any atom is -0.493 e. The molecular weight excluding hydrogens is 580 g/mol. The molecule has 0 radical (unpaired) electrons. The molecule has 1 aliphatic heterocycles. The van der Waals surface area contributed by atoms with Gasteiger partial charge in [-0.1, -0.05) is 41.9 Å². The minimum atomic E-state index is -0.369. The first kappa shape index (κ1) is 26.8. The molecule has 3 aromatic rings. The van der Waals surface area contributed by atoms with Gasteiger partial charge in [-0.15, -0.1) is 0 Å². The summed E-state index contributed by atoms with van der Waals surface area (Å²) in [6.07, 6.45) is 1.64. The molecule has 1 aliphatic rings. The number of benzene rings is 3. The molecule has 0 spiro atoms. The van der Waals surface area contributed by atoms with Crippen LogP contribution < -0.4 is 14.8 Å². The maximum absolute atomic E-state index is 12.9. The van der Waals surface area contributed by atoms with E-state index in [1.54, 1.807) is 42.5 Å². The first-order chi connectivity index (χ1) is 17.7. The Morgan fingerprint density at radius 2 is 1.89 bits per heavy atom. The SMILES string of the molecule is COc1cc(/C=C2\SC(=O)N(Cc3ccccc3C)C2=O)ccc1OCC(=O)Nc1ccc(Br)c(Cl)c1. The Kier molecular flexibility index (Phi) is 8.58. The van der Waals surface area contributed by atoms with Gasteiger partial charge in [-0.05, 0) is 87.7 Å².